The van der Waals surface area contributed by atoms with Gasteiger partial charge in [0.05, 0.1) is 6.04 Å². The Morgan fingerprint density at radius 1 is 0.905 bits per heavy atom. The molecule has 104 valence electrons. The van der Waals surface area contributed by atoms with Crippen molar-refractivity contribution >= 4 is 0 Å². The van der Waals surface area contributed by atoms with Crippen LogP contribution in [0.1, 0.15) is 23.0 Å². The van der Waals surface area contributed by atoms with Gasteiger partial charge in [-0.1, -0.05) is 54.6 Å². The van der Waals surface area contributed by atoms with Gasteiger partial charge in [-0.25, -0.2) is 4.98 Å². The monoisotopic (exact) mass is 276 g/mol. The van der Waals surface area contributed by atoms with Crippen molar-refractivity contribution in [3.8, 4) is 11.4 Å². The Labute approximate surface area is 123 Å². The maximum Gasteiger partial charge on any atom is 0.181 e. The van der Waals surface area contributed by atoms with Crippen molar-refractivity contribution in [1.29, 1.82) is 0 Å². The molecule has 0 amide bonds. The van der Waals surface area contributed by atoms with Crippen molar-refractivity contribution in [1.82, 2.24) is 20.5 Å². The van der Waals surface area contributed by atoms with Gasteiger partial charge in [-0.2, -0.15) is 5.10 Å². The van der Waals surface area contributed by atoms with Gasteiger partial charge >= 0.3 is 0 Å². The fourth-order valence-corrected chi connectivity index (χ4v) is 2.79. The predicted molar refractivity (Wildman–Crippen MR) is 81.5 cm³/mol. The Bertz CT molecular complexity index is 748. The van der Waals surface area contributed by atoms with Crippen molar-refractivity contribution in [3.05, 3.63) is 71.5 Å². The van der Waals surface area contributed by atoms with E-state index in [1.54, 1.807) is 0 Å². The summed E-state index contributed by atoms with van der Waals surface area (Å²) in [5, 5.41) is 10.9. The van der Waals surface area contributed by atoms with Crippen LogP contribution in [0.5, 0.6) is 0 Å². The molecule has 1 aliphatic heterocycles. The molecular weight excluding hydrogens is 260 g/mol. The fourth-order valence-electron chi connectivity index (χ4n) is 2.79. The van der Waals surface area contributed by atoms with E-state index in [0.29, 0.717) is 0 Å². The minimum Gasteiger partial charge on any atom is -0.303 e. The molecule has 2 N–H and O–H groups in total. The smallest absolute Gasteiger partial charge is 0.181 e. The van der Waals surface area contributed by atoms with E-state index in [9.17, 15) is 0 Å². The zero-order valence-corrected chi connectivity index (χ0v) is 11.6. The summed E-state index contributed by atoms with van der Waals surface area (Å²) in [7, 11) is 0. The quantitative estimate of drug-likeness (QED) is 0.756. The van der Waals surface area contributed by atoms with Gasteiger partial charge in [-0.15, -0.1) is 0 Å². The van der Waals surface area contributed by atoms with E-state index >= 15 is 0 Å². The highest BCUT2D eigenvalue weighted by Gasteiger charge is 2.22. The predicted octanol–water partition coefficient (Wildman–Crippen LogP) is 2.86. The number of aromatic amines is 1. The average Bonchev–Trinajstić information content (AvgIpc) is 3.05. The van der Waals surface area contributed by atoms with E-state index in [1.807, 2.05) is 30.3 Å². The minimum absolute atomic E-state index is 0.199. The molecule has 4 rings (SSSR count). The highest BCUT2D eigenvalue weighted by Crippen LogP contribution is 2.25. The SMILES string of the molecule is c1ccc(-c2n[nH]c([C@H]3Cc4ccccc4CN3)n2)cc1. The van der Waals surface area contributed by atoms with Crippen LogP contribution in [-0.2, 0) is 13.0 Å². The molecule has 0 radical (unpaired) electrons. The summed E-state index contributed by atoms with van der Waals surface area (Å²) in [5.74, 6) is 1.66. The van der Waals surface area contributed by atoms with Gasteiger partial charge in [0, 0.05) is 12.1 Å². The van der Waals surface area contributed by atoms with Crippen molar-refractivity contribution in [3.63, 3.8) is 0 Å². The third kappa shape index (κ3) is 2.34. The molecule has 3 aromatic rings. The van der Waals surface area contributed by atoms with Crippen molar-refractivity contribution in [2.45, 2.75) is 19.0 Å². The summed E-state index contributed by atoms with van der Waals surface area (Å²) >= 11 is 0. The lowest BCUT2D eigenvalue weighted by atomic mass is 9.96. The molecule has 4 nitrogen and oxygen atoms in total. The Hall–Kier alpha value is -2.46. The summed E-state index contributed by atoms with van der Waals surface area (Å²) in [6.07, 6.45) is 0.944. The number of H-pyrrole nitrogens is 1. The zero-order chi connectivity index (χ0) is 14.1. The zero-order valence-electron chi connectivity index (χ0n) is 11.6. The maximum absolute atomic E-state index is 4.65. The number of nitrogens with one attached hydrogen (secondary N) is 2. The minimum atomic E-state index is 0.199. The molecule has 0 saturated carbocycles. The van der Waals surface area contributed by atoms with E-state index < -0.39 is 0 Å². The molecule has 1 atom stereocenters. The van der Waals surface area contributed by atoms with Crippen LogP contribution in [0.25, 0.3) is 11.4 Å². The largest absolute Gasteiger partial charge is 0.303 e. The number of hydrogen-bond acceptors (Lipinski definition) is 3. The van der Waals surface area contributed by atoms with Crippen LogP contribution in [0.4, 0.5) is 0 Å². The second kappa shape index (κ2) is 5.14. The molecule has 0 bridgehead atoms. The molecule has 0 aliphatic carbocycles. The first-order valence-corrected chi connectivity index (χ1v) is 7.18. The number of aromatic nitrogens is 3. The molecule has 1 aromatic heterocycles. The Kier molecular flexibility index (Phi) is 3.01. The van der Waals surface area contributed by atoms with Gasteiger partial charge in [0.2, 0.25) is 0 Å². The number of hydrogen-bond donors (Lipinski definition) is 2. The summed E-state index contributed by atoms with van der Waals surface area (Å²) in [6, 6.07) is 18.8. The second-order valence-electron chi connectivity index (χ2n) is 5.32. The lowest BCUT2D eigenvalue weighted by Gasteiger charge is -2.24. The van der Waals surface area contributed by atoms with E-state index in [2.05, 4.69) is 44.8 Å². The molecular formula is C17H16N4. The first-order chi connectivity index (χ1) is 10.4. The molecule has 0 fully saturated rings. The molecule has 1 aliphatic rings. The Morgan fingerprint density at radius 3 is 2.52 bits per heavy atom. The summed E-state index contributed by atoms with van der Waals surface area (Å²) in [6.45, 7) is 0.877. The standard InChI is InChI=1S/C17H16N4/c1-2-6-12(7-3-1)16-19-17(21-20-16)15-10-13-8-4-5-9-14(13)11-18-15/h1-9,15,18H,10-11H2,(H,19,20,21)/t15-/m1/s1. The lowest BCUT2D eigenvalue weighted by molar-refractivity contribution is 0.478. The van der Waals surface area contributed by atoms with Gasteiger partial charge < -0.3 is 5.32 Å². The number of fused-ring (bicyclic) bond motifs is 1. The number of benzene rings is 2. The molecule has 0 unspecified atom stereocenters. The van der Waals surface area contributed by atoms with Gasteiger partial charge in [-0.05, 0) is 17.5 Å². The van der Waals surface area contributed by atoms with Crippen LogP contribution in [0, 0.1) is 0 Å². The van der Waals surface area contributed by atoms with E-state index in [-0.39, 0.29) is 6.04 Å². The molecule has 4 heteroatoms. The van der Waals surface area contributed by atoms with Crippen LogP contribution in [0.2, 0.25) is 0 Å². The van der Waals surface area contributed by atoms with Crippen molar-refractivity contribution < 1.29 is 0 Å². The molecule has 21 heavy (non-hydrogen) atoms. The van der Waals surface area contributed by atoms with Gasteiger partial charge in [-0.3, -0.25) is 5.10 Å². The van der Waals surface area contributed by atoms with Gasteiger partial charge in [0.15, 0.2) is 5.82 Å². The van der Waals surface area contributed by atoms with Crippen molar-refractivity contribution in [2.24, 2.45) is 0 Å². The van der Waals surface area contributed by atoms with Crippen LogP contribution < -0.4 is 5.32 Å². The molecule has 0 spiro atoms. The third-order valence-electron chi connectivity index (χ3n) is 3.95. The average molecular weight is 276 g/mol. The summed E-state index contributed by atoms with van der Waals surface area (Å²) < 4.78 is 0. The molecule has 0 saturated heterocycles. The normalized spacial score (nSPS) is 17.4. The highest BCUT2D eigenvalue weighted by molar-refractivity contribution is 5.54. The molecule has 2 aromatic carbocycles. The van der Waals surface area contributed by atoms with Crippen LogP contribution in [-0.4, -0.2) is 15.2 Å². The Balaban J connectivity index is 1.60. The van der Waals surface area contributed by atoms with E-state index in [0.717, 1.165) is 30.2 Å². The maximum atomic E-state index is 4.65. The van der Waals surface area contributed by atoms with E-state index in [1.165, 1.54) is 11.1 Å². The first-order valence-electron chi connectivity index (χ1n) is 7.18. The van der Waals surface area contributed by atoms with Gasteiger partial charge in [0.1, 0.15) is 5.82 Å². The second-order valence-corrected chi connectivity index (χ2v) is 5.32. The topological polar surface area (TPSA) is 53.6 Å². The first kappa shape index (κ1) is 12.3. The van der Waals surface area contributed by atoms with Crippen LogP contribution in [0.3, 0.4) is 0 Å². The number of nitrogens with zero attached hydrogens (tertiary/aromatic N) is 2. The third-order valence-corrected chi connectivity index (χ3v) is 3.95. The highest BCUT2D eigenvalue weighted by atomic mass is 15.2. The fraction of sp³-hybridized carbons (Fsp3) is 0.176. The number of rotatable bonds is 2. The van der Waals surface area contributed by atoms with E-state index in [4.69, 9.17) is 0 Å². The van der Waals surface area contributed by atoms with Crippen molar-refractivity contribution in [2.75, 3.05) is 0 Å². The summed E-state index contributed by atoms with van der Waals surface area (Å²) in [5.41, 5.74) is 3.80. The van der Waals surface area contributed by atoms with Gasteiger partial charge in [0.25, 0.3) is 0 Å². The van der Waals surface area contributed by atoms with Crippen LogP contribution in [0.15, 0.2) is 54.6 Å². The lowest BCUT2D eigenvalue weighted by Crippen LogP contribution is -2.29. The van der Waals surface area contributed by atoms with Crippen LogP contribution >= 0.6 is 0 Å². The summed E-state index contributed by atoms with van der Waals surface area (Å²) in [4.78, 5) is 4.65. The molecule has 2 heterocycles. The Morgan fingerprint density at radius 2 is 1.67 bits per heavy atom.